The van der Waals surface area contributed by atoms with E-state index < -0.39 is 0 Å². The highest BCUT2D eigenvalue weighted by Gasteiger charge is 2.24. The standard InChI is InChI=1S/C20H32N4OS.HI/c1-14(2)10-19(25)23-16-7-5-6-15(11-16)13-22-20(21-3)24-17-8-9-18(12-17)26-4;/h5-7,11,14,17-18H,8-10,12-13H2,1-4H3,(H,23,25)(H2,21,22,24);1H. The molecule has 2 atom stereocenters. The topological polar surface area (TPSA) is 65.5 Å². The van der Waals surface area contributed by atoms with Gasteiger partial charge in [-0.2, -0.15) is 11.8 Å². The lowest BCUT2D eigenvalue weighted by atomic mass is 10.1. The van der Waals surface area contributed by atoms with Crippen LogP contribution in [0.3, 0.4) is 0 Å². The SMILES string of the molecule is CN=C(NCc1cccc(NC(=O)CC(C)C)c1)NC1CCC(SC)C1.I. The Morgan fingerprint density at radius 2 is 2.11 bits per heavy atom. The molecule has 0 saturated heterocycles. The Hall–Kier alpha value is -0.960. The van der Waals surface area contributed by atoms with E-state index in [0.29, 0.717) is 24.9 Å². The summed E-state index contributed by atoms with van der Waals surface area (Å²) in [7, 11) is 1.80. The molecule has 0 radical (unpaired) electrons. The number of carbonyl (C=O) groups is 1. The van der Waals surface area contributed by atoms with Gasteiger partial charge >= 0.3 is 0 Å². The quantitative estimate of drug-likeness (QED) is 0.295. The second kappa shape index (κ2) is 12.5. The van der Waals surface area contributed by atoms with Crippen molar-refractivity contribution in [2.45, 2.75) is 57.4 Å². The third kappa shape index (κ3) is 8.72. The average molecular weight is 504 g/mol. The maximum Gasteiger partial charge on any atom is 0.224 e. The van der Waals surface area contributed by atoms with Crippen LogP contribution >= 0.6 is 35.7 Å². The maximum atomic E-state index is 11.9. The van der Waals surface area contributed by atoms with Gasteiger partial charge in [0.1, 0.15) is 0 Å². The molecule has 0 bridgehead atoms. The Bertz CT molecular complexity index is 624. The van der Waals surface area contributed by atoms with Gasteiger partial charge in [-0.05, 0) is 49.1 Å². The predicted molar refractivity (Wildman–Crippen MR) is 128 cm³/mol. The molecule has 2 unspecified atom stereocenters. The van der Waals surface area contributed by atoms with Crippen LogP contribution in [0.25, 0.3) is 0 Å². The molecule has 7 heteroatoms. The molecule has 0 aliphatic heterocycles. The highest BCUT2D eigenvalue weighted by molar-refractivity contribution is 14.0. The first-order chi connectivity index (χ1) is 12.5. The van der Waals surface area contributed by atoms with Crippen molar-refractivity contribution in [3.63, 3.8) is 0 Å². The van der Waals surface area contributed by atoms with Crippen molar-refractivity contribution in [2.75, 3.05) is 18.6 Å². The number of benzene rings is 1. The molecule has 0 heterocycles. The zero-order chi connectivity index (χ0) is 18.9. The number of anilines is 1. The van der Waals surface area contributed by atoms with E-state index in [4.69, 9.17) is 0 Å². The van der Waals surface area contributed by atoms with E-state index in [1.54, 1.807) is 7.05 Å². The van der Waals surface area contributed by atoms with Crippen molar-refractivity contribution in [1.29, 1.82) is 0 Å². The molecule has 1 aromatic rings. The molecule has 0 aromatic heterocycles. The Morgan fingerprint density at radius 3 is 2.74 bits per heavy atom. The molecular formula is C20H33IN4OS. The highest BCUT2D eigenvalue weighted by Crippen LogP contribution is 2.28. The first-order valence-corrected chi connectivity index (χ1v) is 10.7. The number of nitrogens with zero attached hydrogens (tertiary/aromatic N) is 1. The summed E-state index contributed by atoms with van der Waals surface area (Å²) < 4.78 is 0. The van der Waals surface area contributed by atoms with Gasteiger partial charge in [0, 0.05) is 37.0 Å². The fourth-order valence-corrected chi connectivity index (χ4v) is 4.00. The van der Waals surface area contributed by atoms with Crippen molar-refractivity contribution in [2.24, 2.45) is 10.9 Å². The van der Waals surface area contributed by atoms with Crippen molar-refractivity contribution < 1.29 is 4.79 Å². The molecule has 1 aliphatic rings. The molecule has 1 fully saturated rings. The molecule has 3 N–H and O–H groups in total. The largest absolute Gasteiger partial charge is 0.354 e. The molecule has 1 saturated carbocycles. The lowest BCUT2D eigenvalue weighted by molar-refractivity contribution is -0.116. The van der Waals surface area contributed by atoms with E-state index in [0.717, 1.165) is 22.5 Å². The average Bonchev–Trinajstić information content (AvgIpc) is 3.05. The highest BCUT2D eigenvalue weighted by atomic mass is 127. The summed E-state index contributed by atoms with van der Waals surface area (Å²) in [5.74, 6) is 1.26. The number of rotatable bonds is 7. The molecule has 1 aromatic carbocycles. The second-order valence-corrected chi connectivity index (χ2v) is 8.42. The van der Waals surface area contributed by atoms with Gasteiger partial charge in [0.25, 0.3) is 0 Å². The van der Waals surface area contributed by atoms with E-state index in [1.807, 2.05) is 43.8 Å². The van der Waals surface area contributed by atoms with E-state index in [2.05, 4.69) is 33.3 Å². The van der Waals surface area contributed by atoms with Crippen LogP contribution in [0.5, 0.6) is 0 Å². The minimum atomic E-state index is 0. The van der Waals surface area contributed by atoms with Gasteiger partial charge in [-0.25, -0.2) is 0 Å². The monoisotopic (exact) mass is 504 g/mol. The normalized spacial score (nSPS) is 19.5. The fourth-order valence-electron chi connectivity index (χ4n) is 3.20. The van der Waals surface area contributed by atoms with Gasteiger partial charge in [0.15, 0.2) is 5.96 Å². The lowest BCUT2D eigenvalue weighted by Gasteiger charge is -2.17. The summed E-state index contributed by atoms with van der Waals surface area (Å²) in [5, 5.41) is 10.6. The number of hydrogen-bond donors (Lipinski definition) is 3. The van der Waals surface area contributed by atoms with E-state index in [9.17, 15) is 4.79 Å². The smallest absolute Gasteiger partial charge is 0.224 e. The van der Waals surface area contributed by atoms with Gasteiger partial charge in [0.2, 0.25) is 5.91 Å². The van der Waals surface area contributed by atoms with Crippen molar-refractivity contribution in [3.05, 3.63) is 29.8 Å². The Balaban J connectivity index is 0.00000364. The van der Waals surface area contributed by atoms with E-state index in [-0.39, 0.29) is 29.9 Å². The first-order valence-electron chi connectivity index (χ1n) is 9.39. The van der Waals surface area contributed by atoms with Crippen LogP contribution in [0.15, 0.2) is 29.3 Å². The van der Waals surface area contributed by atoms with Crippen LogP contribution < -0.4 is 16.0 Å². The van der Waals surface area contributed by atoms with Crippen LogP contribution in [0, 0.1) is 5.92 Å². The molecule has 1 amide bonds. The summed E-state index contributed by atoms with van der Waals surface area (Å²) in [4.78, 5) is 16.3. The van der Waals surface area contributed by atoms with Crippen LogP contribution in [0.4, 0.5) is 5.69 Å². The number of carbonyl (C=O) groups excluding carboxylic acids is 1. The van der Waals surface area contributed by atoms with Crippen LogP contribution in [-0.4, -0.2) is 36.5 Å². The lowest BCUT2D eigenvalue weighted by Crippen LogP contribution is -2.42. The molecule has 1 aliphatic carbocycles. The fraction of sp³-hybridized carbons (Fsp3) is 0.600. The molecule has 0 spiro atoms. The number of halogens is 1. The van der Waals surface area contributed by atoms with Gasteiger partial charge in [0.05, 0.1) is 0 Å². The summed E-state index contributed by atoms with van der Waals surface area (Å²) in [6, 6.07) is 8.46. The molecular weight excluding hydrogens is 471 g/mol. The maximum absolute atomic E-state index is 11.9. The van der Waals surface area contributed by atoms with E-state index >= 15 is 0 Å². The number of nitrogens with one attached hydrogen (secondary N) is 3. The Kier molecular flexibility index (Phi) is 11.1. The summed E-state index contributed by atoms with van der Waals surface area (Å²) in [6.07, 6.45) is 6.39. The van der Waals surface area contributed by atoms with Gasteiger partial charge in [-0.15, -0.1) is 24.0 Å². The summed E-state index contributed by atoms with van der Waals surface area (Å²) >= 11 is 1.96. The van der Waals surface area contributed by atoms with Crippen molar-refractivity contribution >= 4 is 53.3 Å². The summed E-state index contributed by atoms with van der Waals surface area (Å²) in [5.41, 5.74) is 1.96. The summed E-state index contributed by atoms with van der Waals surface area (Å²) in [6.45, 7) is 4.76. The van der Waals surface area contributed by atoms with Crippen LogP contribution in [-0.2, 0) is 11.3 Å². The van der Waals surface area contributed by atoms with Gasteiger partial charge < -0.3 is 16.0 Å². The predicted octanol–water partition coefficient (Wildman–Crippen LogP) is 4.24. The second-order valence-electron chi connectivity index (χ2n) is 7.28. The van der Waals surface area contributed by atoms with E-state index in [1.165, 1.54) is 19.3 Å². The first kappa shape index (κ1) is 24.1. The molecule has 2 rings (SSSR count). The number of guanidine groups is 1. The minimum absolute atomic E-state index is 0. The molecule has 5 nitrogen and oxygen atoms in total. The number of aliphatic imine (C=N–C) groups is 1. The third-order valence-corrected chi connectivity index (χ3v) is 5.64. The Morgan fingerprint density at radius 1 is 1.33 bits per heavy atom. The molecule has 152 valence electrons. The van der Waals surface area contributed by atoms with Crippen molar-refractivity contribution in [1.82, 2.24) is 10.6 Å². The van der Waals surface area contributed by atoms with Gasteiger partial charge in [-0.1, -0.05) is 26.0 Å². The Labute approximate surface area is 185 Å². The molecule has 27 heavy (non-hydrogen) atoms. The van der Waals surface area contributed by atoms with Gasteiger partial charge in [-0.3, -0.25) is 9.79 Å². The number of thioether (sulfide) groups is 1. The van der Waals surface area contributed by atoms with Crippen LogP contribution in [0.1, 0.15) is 45.1 Å². The minimum Gasteiger partial charge on any atom is -0.354 e. The van der Waals surface area contributed by atoms with Crippen molar-refractivity contribution in [3.8, 4) is 0 Å². The number of amides is 1. The van der Waals surface area contributed by atoms with Crippen LogP contribution in [0.2, 0.25) is 0 Å². The zero-order valence-electron chi connectivity index (χ0n) is 16.7. The zero-order valence-corrected chi connectivity index (χ0v) is 19.9. The number of hydrogen-bond acceptors (Lipinski definition) is 3. The third-order valence-electron chi connectivity index (χ3n) is 4.55.